The molecule has 1 atom stereocenters. The first-order chi connectivity index (χ1) is 7.48. The van der Waals surface area contributed by atoms with E-state index in [4.69, 9.17) is 0 Å². The Morgan fingerprint density at radius 2 is 1.69 bits per heavy atom. The average Bonchev–Trinajstić information content (AvgIpc) is 2.63. The molecular formula is C15H20O. The number of hydrogen-bond donors (Lipinski definition) is 1. The molecule has 0 amide bonds. The van der Waals surface area contributed by atoms with Gasteiger partial charge in [-0.15, -0.1) is 6.58 Å². The number of hydrogen-bond acceptors (Lipinski definition) is 1. The summed E-state index contributed by atoms with van der Waals surface area (Å²) >= 11 is 0. The Balaban J connectivity index is 2.44. The molecule has 16 heavy (non-hydrogen) atoms. The van der Waals surface area contributed by atoms with Crippen LogP contribution in [0, 0.1) is 19.8 Å². The second-order valence-corrected chi connectivity index (χ2v) is 5.14. The molecule has 0 bridgehead atoms. The zero-order chi connectivity index (χ0) is 11.9. The second-order valence-electron chi connectivity index (χ2n) is 5.14. The van der Waals surface area contributed by atoms with Gasteiger partial charge in [-0.25, -0.2) is 0 Å². The van der Waals surface area contributed by atoms with Gasteiger partial charge in [-0.2, -0.15) is 0 Å². The van der Waals surface area contributed by atoms with Crippen LogP contribution in [-0.4, -0.2) is 10.7 Å². The lowest BCUT2D eigenvalue weighted by Gasteiger charge is -2.27. The van der Waals surface area contributed by atoms with Crippen LogP contribution in [0.5, 0.6) is 0 Å². The van der Waals surface area contributed by atoms with Crippen LogP contribution < -0.4 is 0 Å². The lowest BCUT2D eigenvalue weighted by atomic mass is 9.86. The lowest BCUT2D eigenvalue weighted by molar-refractivity contribution is 0.0162. The van der Waals surface area contributed by atoms with Crippen LogP contribution in [0.2, 0.25) is 0 Å². The minimum atomic E-state index is -0.624. The Hall–Kier alpha value is -1.08. The average molecular weight is 216 g/mol. The fraction of sp³-hybridized carbons (Fsp3) is 0.467. The zero-order valence-electron chi connectivity index (χ0n) is 10.4. The van der Waals surface area contributed by atoms with Crippen molar-refractivity contribution < 1.29 is 5.11 Å². The Morgan fingerprint density at radius 3 is 2.06 bits per heavy atom. The van der Waals surface area contributed by atoms with Crippen LogP contribution in [0.25, 0.3) is 0 Å². The molecule has 0 aromatic heterocycles. The Morgan fingerprint density at radius 1 is 1.25 bits per heavy atom. The monoisotopic (exact) mass is 216 g/mol. The van der Waals surface area contributed by atoms with Gasteiger partial charge in [0.1, 0.15) is 0 Å². The molecule has 1 nitrogen and oxygen atoms in total. The summed E-state index contributed by atoms with van der Waals surface area (Å²) in [6.07, 6.45) is 3.39. The summed E-state index contributed by atoms with van der Waals surface area (Å²) in [5.41, 5.74) is 4.66. The van der Waals surface area contributed by atoms with Crippen molar-refractivity contribution in [2.75, 3.05) is 0 Å². The number of aliphatic hydroxyl groups is 1. The molecule has 0 spiro atoms. The summed E-state index contributed by atoms with van der Waals surface area (Å²) < 4.78 is 0. The first-order valence-corrected chi connectivity index (χ1v) is 5.91. The molecule has 0 saturated carbocycles. The molecule has 1 N–H and O–H groups in total. The SMILES string of the molecule is C=CC(C)C1(O)Cc2c(C)ccc(C)c2C1. The van der Waals surface area contributed by atoms with Gasteiger partial charge in [-0.3, -0.25) is 0 Å². The third-order valence-electron chi connectivity index (χ3n) is 4.07. The highest BCUT2D eigenvalue weighted by molar-refractivity contribution is 5.46. The maximum absolute atomic E-state index is 10.7. The van der Waals surface area contributed by atoms with E-state index in [-0.39, 0.29) is 5.92 Å². The number of rotatable bonds is 2. The van der Waals surface area contributed by atoms with Crippen LogP contribution in [0.1, 0.15) is 29.2 Å². The fourth-order valence-corrected chi connectivity index (χ4v) is 2.64. The maximum Gasteiger partial charge on any atom is 0.0787 e. The molecule has 0 aliphatic heterocycles. The first-order valence-electron chi connectivity index (χ1n) is 5.91. The van der Waals surface area contributed by atoms with E-state index in [0.717, 1.165) is 12.8 Å². The summed E-state index contributed by atoms with van der Waals surface area (Å²) in [5, 5.41) is 10.7. The third-order valence-corrected chi connectivity index (χ3v) is 4.07. The number of aryl methyl sites for hydroxylation is 2. The van der Waals surface area contributed by atoms with E-state index in [1.165, 1.54) is 22.3 Å². The van der Waals surface area contributed by atoms with Crippen LogP contribution in [0.4, 0.5) is 0 Å². The highest BCUT2D eigenvalue weighted by Gasteiger charge is 2.39. The van der Waals surface area contributed by atoms with E-state index in [1.54, 1.807) is 0 Å². The highest BCUT2D eigenvalue weighted by atomic mass is 16.3. The molecule has 1 aromatic rings. The maximum atomic E-state index is 10.7. The Bertz CT molecular complexity index is 400. The smallest absolute Gasteiger partial charge is 0.0787 e. The van der Waals surface area contributed by atoms with Crippen LogP contribution in [0.15, 0.2) is 24.8 Å². The number of benzene rings is 1. The normalized spacial score (nSPS) is 19.2. The van der Waals surface area contributed by atoms with Gasteiger partial charge in [0.05, 0.1) is 5.60 Å². The van der Waals surface area contributed by atoms with Crippen molar-refractivity contribution in [3.05, 3.63) is 47.0 Å². The van der Waals surface area contributed by atoms with Gasteiger partial charge < -0.3 is 5.11 Å². The predicted octanol–water partition coefficient (Wildman–Crippen LogP) is 2.96. The Kier molecular flexibility index (Phi) is 2.67. The van der Waals surface area contributed by atoms with Crippen molar-refractivity contribution in [1.82, 2.24) is 0 Å². The van der Waals surface area contributed by atoms with E-state index in [9.17, 15) is 5.11 Å². The van der Waals surface area contributed by atoms with Crippen LogP contribution >= 0.6 is 0 Å². The molecule has 1 heteroatoms. The summed E-state index contributed by atoms with van der Waals surface area (Å²) in [4.78, 5) is 0. The van der Waals surface area contributed by atoms with Crippen molar-refractivity contribution >= 4 is 0 Å². The van der Waals surface area contributed by atoms with Crippen molar-refractivity contribution in [1.29, 1.82) is 0 Å². The molecule has 1 aliphatic carbocycles. The van der Waals surface area contributed by atoms with Crippen LogP contribution in [-0.2, 0) is 12.8 Å². The van der Waals surface area contributed by atoms with Gasteiger partial charge in [0.2, 0.25) is 0 Å². The zero-order valence-corrected chi connectivity index (χ0v) is 10.4. The molecule has 0 radical (unpaired) electrons. The standard InChI is InChI=1S/C15H20O/c1-5-12(4)15(16)8-13-10(2)6-7-11(3)14(13)9-15/h5-7,12,16H,1,8-9H2,2-4H3. The van der Waals surface area contributed by atoms with Crippen molar-refractivity contribution in [3.63, 3.8) is 0 Å². The molecule has 86 valence electrons. The van der Waals surface area contributed by atoms with E-state index in [2.05, 4.69) is 32.6 Å². The molecule has 0 heterocycles. The molecule has 1 aliphatic rings. The van der Waals surface area contributed by atoms with E-state index >= 15 is 0 Å². The highest BCUT2D eigenvalue weighted by Crippen LogP contribution is 2.38. The van der Waals surface area contributed by atoms with Crippen molar-refractivity contribution in [2.45, 2.75) is 39.2 Å². The minimum Gasteiger partial charge on any atom is -0.389 e. The predicted molar refractivity (Wildman–Crippen MR) is 67.6 cm³/mol. The lowest BCUT2D eigenvalue weighted by Crippen LogP contribution is -2.36. The van der Waals surface area contributed by atoms with Gasteiger partial charge in [0, 0.05) is 18.8 Å². The van der Waals surface area contributed by atoms with Crippen LogP contribution in [0.3, 0.4) is 0 Å². The molecule has 2 rings (SSSR count). The van der Waals surface area contributed by atoms with Gasteiger partial charge in [-0.1, -0.05) is 25.1 Å². The van der Waals surface area contributed by atoms with Gasteiger partial charge in [0.25, 0.3) is 0 Å². The summed E-state index contributed by atoms with van der Waals surface area (Å²) in [6.45, 7) is 10.1. The summed E-state index contributed by atoms with van der Waals surface area (Å²) in [5.74, 6) is 0.138. The van der Waals surface area contributed by atoms with Gasteiger partial charge in [-0.05, 0) is 36.1 Å². The molecule has 0 saturated heterocycles. The second kappa shape index (κ2) is 3.74. The minimum absolute atomic E-state index is 0.138. The molecule has 1 unspecified atom stereocenters. The summed E-state index contributed by atoms with van der Waals surface area (Å²) in [7, 11) is 0. The van der Waals surface area contributed by atoms with E-state index < -0.39 is 5.60 Å². The van der Waals surface area contributed by atoms with Crippen molar-refractivity contribution in [3.8, 4) is 0 Å². The Labute approximate surface area is 97.8 Å². The number of fused-ring (bicyclic) bond motifs is 1. The fourth-order valence-electron chi connectivity index (χ4n) is 2.64. The van der Waals surface area contributed by atoms with Gasteiger partial charge >= 0.3 is 0 Å². The topological polar surface area (TPSA) is 20.2 Å². The molecular weight excluding hydrogens is 196 g/mol. The first kappa shape index (κ1) is 11.4. The van der Waals surface area contributed by atoms with Crippen molar-refractivity contribution in [2.24, 2.45) is 5.92 Å². The van der Waals surface area contributed by atoms with E-state index in [1.807, 2.05) is 13.0 Å². The molecule has 1 aromatic carbocycles. The van der Waals surface area contributed by atoms with E-state index in [0.29, 0.717) is 0 Å². The van der Waals surface area contributed by atoms with Gasteiger partial charge in [0.15, 0.2) is 0 Å². The largest absolute Gasteiger partial charge is 0.389 e. The third kappa shape index (κ3) is 1.60. The quantitative estimate of drug-likeness (QED) is 0.754. The molecule has 0 fully saturated rings. The summed E-state index contributed by atoms with van der Waals surface area (Å²) in [6, 6.07) is 4.30.